The maximum Gasteiger partial charge on any atom is 0.182 e. The first-order chi connectivity index (χ1) is 13.3. The summed E-state index contributed by atoms with van der Waals surface area (Å²) in [5.41, 5.74) is 2.56. The first-order valence-corrected chi connectivity index (χ1v) is 10.2. The Balaban J connectivity index is 1.91. The monoisotopic (exact) mass is 370 g/mol. The molecular formula is C25H22OS. The average molecular weight is 371 g/mol. The summed E-state index contributed by atoms with van der Waals surface area (Å²) in [6.45, 7) is 2.87. The Hall–Kier alpha value is -2.47. The van der Waals surface area contributed by atoms with Crippen molar-refractivity contribution in [3.63, 3.8) is 0 Å². The Bertz CT molecular complexity index is 936. The fraction of sp³-hybridized carbons (Fsp3) is 0.200. The van der Waals surface area contributed by atoms with E-state index in [1.54, 1.807) is 11.8 Å². The molecule has 0 atom stereocenters. The Morgan fingerprint density at radius 2 is 1.41 bits per heavy atom. The van der Waals surface area contributed by atoms with Crippen LogP contribution in [-0.2, 0) is 10.3 Å². The molecule has 134 valence electrons. The Morgan fingerprint density at radius 1 is 0.815 bits per heavy atom. The van der Waals surface area contributed by atoms with Crippen LogP contribution in [0.3, 0.4) is 0 Å². The minimum Gasteiger partial charge on any atom is -0.354 e. The highest BCUT2D eigenvalue weighted by Crippen LogP contribution is 2.49. The third-order valence-electron chi connectivity index (χ3n) is 4.73. The van der Waals surface area contributed by atoms with Gasteiger partial charge in [-0.05, 0) is 30.7 Å². The zero-order valence-corrected chi connectivity index (χ0v) is 16.3. The van der Waals surface area contributed by atoms with E-state index in [1.807, 2.05) is 30.3 Å². The van der Waals surface area contributed by atoms with Gasteiger partial charge in [-0.2, -0.15) is 0 Å². The fourth-order valence-corrected chi connectivity index (χ4v) is 4.51. The van der Waals surface area contributed by atoms with Gasteiger partial charge in [-0.3, -0.25) is 0 Å². The SMILES string of the molecule is CCCCOC1(C#Cc2ccccc2)c2ccccc2Sc2ccccc21. The topological polar surface area (TPSA) is 9.23 Å². The van der Waals surface area contributed by atoms with Crippen molar-refractivity contribution in [2.45, 2.75) is 35.2 Å². The first-order valence-electron chi connectivity index (χ1n) is 9.42. The number of fused-ring (bicyclic) bond motifs is 2. The lowest BCUT2D eigenvalue weighted by Crippen LogP contribution is -2.33. The predicted octanol–water partition coefficient (Wildman–Crippen LogP) is 6.26. The molecule has 0 spiro atoms. The molecule has 2 heteroatoms. The summed E-state index contributed by atoms with van der Waals surface area (Å²) in [6, 6.07) is 27.1. The quantitative estimate of drug-likeness (QED) is 0.396. The van der Waals surface area contributed by atoms with Crippen LogP contribution in [0.25, 0.3) is 0 Å². The molecule has 0 N–H and O–H groups in total. The van der Waals surface area contributed by atoms with Crippen LogP contribution in [0.1, 0.15) is 36.5 Å². The van der Waals surface area contributed by atoms with Crippen LogP contribution in [0.15, 0.2) is 88.7 Å². The number of hydrogen-bond donors (Lipinski definition) is 0. The van der Waals surface area contributed by atoms with E-state index in [4.69, 9.17) is 4.74 Å². The smallest absolute Gasteiger partial charge is 0.182 e. The third kappa shape index (κ3) is 3.54. The van der Waals surface area contributed by atoms with Crippen molar-refractivity contribution >= 4 is 11.8 Å². The minimum atomic E-state index is -0.733. The van der Waals surface area contributed by atoms with Crippen molar-refractivity contribution in [3.05, 3.63) is 95.6 Å². The molecule has 3 aromatic rings. The normalized spacial score (nSPS) is 13.8. The second kappa shape index (κ2) is 8.05. The van der Waals surface area contributed by atoms with Crippen LogP contribution in [-0.4, -0.2) is 6.61 Å². The first kappa shape index (κ1) is 17.9. The van der Waals surface area contributed by atoms with Crippen LogP contribution >= 0.6 is 11.8 Å². The van der Waals surface area contributed by atoms with Crippen LogP contribution in [0, 0.1) is 11.8 Å². The Labute approximate surface area is 165 Å². The van der Waals surface area contributed by atoms with Crippen LogP contribution in [0.5, 0.6) is 0 Å². The molecule has 0 fully saturated rings. The van der Waals surface area contributed by atoms with Gasteiger partial charge in [0.05, 0.1) is 0 Å². The lowest BCUT2D eigenvalue weighted by molar-refractivity contribution is 0.0202. The van der Waals surface area contributed by atoms with E-state index < -0.39 is 5.60 Å². The number of ether oxygens (including phenoxy) is 1. The molecule has 27 heavy (non-hydrogen) atoms. The van der Waals surface area contributed by atoms with Gasteiger partial charge in [-0.25, -0.2) is 0 Å². The summed E-state index contributed by atoms with van der Waals surface area (Å²) in [5, 5.41) is 0. The number of unbranched alkanes of at least 4 members (excludes halogenated alkanes) is 1. The summed E-state index contributed by atoms with van der Waals surface area (Å²) in [4.78, 5) is 2.44. The Kier molecular flexibility index (Phi) is 5.34. The van der Waals surface area contributed by atoms with Crippen molar-refractivity contribution in [1.82, 2.24) is 0 Å². The highest BCUT2D eigenvalue weighted by molar-refractivity contribution is 7.99. The molecular weight excluding hydrogens is 348 g/mol. The standard InChI is InChI=1S/C25H22OS/c1-2-3-19-26-25(18-17-20-11-5-4-6-12-20)21-13-7-9-15-23(21)27-24-16-10-8-14-22(24)25/h4-16H,2-3,19H2,1H3. The summed E-state index contributed by atoms with van der Waals surface area (Å²) in [7, 11) is 0. The maximum absolute atomic E-state index is 6.60. The van der Waals surface area contributed by atoms with E-state index in [1.165, 1.54) is 9.79 Å². The zero-order chi connectivity index (χ0) is 18.5. The third-order valence-corrected chi connectivity index (χ3v) is 5.88. The van der Waals surface area contributed by atoms with E-state index in [9.17, 15) is 0 Å². The lowest BCUT2D eigenvalue weighted by Gasteiger charge is -2.36. The molecule has 0 unspecified atom stereocenters. The van der Waals surface area contributed by atoms with Gasteiger partial charge < -0.3 is 4.74 Å². The van der Waals surface area contributed by atoms with Gasteiger partial charge in [0.25, 0.3) is 0 Å². The molecule has 3 aromatic carbocycles. The summed E-state index contributed by atoms with van der Waals surface area (Å²) < 4.78 is 6.60. The number of hydrogen-bond acceptors (Lipinski definition) is 2. The van der Waals surface area contributed by atoms with Gasteiger partial charge in [-0.1, -0.05) is 91.5 Å². The van der Waals surface area contributed by atoms with E-state index >= 15 is 0 Å². The van der Waals surface area contributed by atoms with Crippen LogP contribution < -0.4 is 0 Å². The van der Waals surface area contributed by atoms with Crippen molar-refractivity contribution in [1.29, 1.82) is 0 Å². The van der Waals surface area contributed by atoms with E-state index in [0.29, 0.717) is 6.61 Å². The van der Waals surface area contributed by atoms with E-state index in [-0.39, 0.29) is 0 Å². The van der Waals surface area contributed by atoms with Gasteiger partial charge in [0, 0.05) is 33.1 Å². The molecule has 1 aliphatic heterocycles. The second-order valence-electron chi connectivity index (χ2n) is 6.59. The molecule has 0 bridgehead atoms. The van der Waals surface area contributed by atoms with Crippen molar-refractivity contribution in [2.24, 2.45) is 0 Å². The van der Waals surface area contributed by atoms with Gasteiger partial charge in [0.15, 0.2) is 5.60 Å². The van der Waals surface area contributed by atoms with E-state index in [2.05, 4.69) is 67.3 Å². The lowest BCUT2D eigenvalue weighted by atomic mass is 9.85. The molecule has 0 saturated carbocycles. The maximum atomic E-state index is 6.60. The van der Waals surface area contributed by atoms with Crippen molar-refractivity contribution < 1.29 is 4.74 Å². The highest BCUT2D eigenvalue weighted by Gasteiger charge is 2.40. The summed E-state index contributed by atoms with van der Waals surface area (Å²) >= 11 is 1.80. The van der Waals surface area contributed by atoms with Crippen molar-refractivity contribution in [3.8, 4) is 11.8 Å². The van der Waals surface area contributed by atoms with Crippen molar-refractivity contribution in [2.75, 3.05) is 6.61 Å². The molecule has 0 radical (unpaired) electrons. The molecule has 1 aliphatic rings. The van der Waals surface area contributed by atoms with Gasteiger partial charge in [0.2, 0.25) is 0 Å². The summed E-state index contributed by atoms with van der Waals surface area (Å²) in [5.74, 6) is 6.92. The number of rotatable bonds is 4. The molecule has 0 amide bonds. The predicted molar refractivity (Wildman–Crippen MR) is 112 cm³/mol. The molecule has 4 rings (SSSR count). The fourth-order valence-electron chi connectivity index (χ4n) is 3.33. The number of benzene rings is 3. The van der Waals surface area contributed by atoms with E-state index in [0.717, 1.165) is 29.5 Å². The largest absolute Gasteiger partial charge is 0.354 e. The molecule has 0 aliphatic carbocycles. The zero-order valence-electron chi connectivity index (χ0n) is 15.4. The molecule has 1 heterocycles. The van der Waals surface area contributed by atoms with Crippen LogP contribution in [0.4, 0.5) is 0 Å². The highest BCUT2D eigenvalue weighted by atomic mass is 32.2. The Morgan fingerprint density at radius 3 is 2.04 bits per heavy atom. The van der Waals surface area contributed by atoms with Gasteiger partial charge >= 0.3 is 0 Å². The van der Waals surface area contributed by atoms with Gasteiger partial charge in [-0.15, -0.1) is 0 Å². The minimum absolute atomic E-state index is 0.688. The molecule has 1 nitrogen and oxygen atoms in total. The average Bonchev–Trinajstić information content (AvgIpc) is 2.73. The van der Waals surface area contributed by atoms with Gasteiger partial charge in [0.1, 0.15) is 0 Å². The molecule has 0 saturated heterocycles. The summed E-state index contributed by atoms with van der Waals surface area (Å²) in [6.07, 6.45) is 2.12. The molecule has 0 aromatic heterocycles. The second-order valence-corrected chi connectivity index (χ2v) is 7.68. The van der Waals surface area contributed by atoms with Crippen LogP contribution in [0.2, 0.25) is 0 Å².